The highest BCUT2D eigenvalue weighted by molar-refractivity contribution is 5.87. The Morgan fingerprint density at radius 2 is 1.66 bits per heavy atom. The molecular formula is C33H33F7N2O5. The third kappa shape index (κ3) is 8.27. The molecule has 1 aliphatic rings. The highest BCUT2D eigenvalue weighted by atomic mass is 19.3. The number of nitrogens with zero attached hydrogens (tertiary/aromatic N) is 1. The molecule has 0 saturated carbocycles. The fraction of sp³-hybridized carbons (Fsp3) is 0.394. The molecule has 1 saturated heterocycles. The molecule has 3 aromatic rings. The third-order valence-corrected chi connectivity index (χ3v) is 7.35. The summed E-state index contributed by atoms with van der Waals surface area (Å²) in [4.78, 5) is 28.1. The molecule has 1 N–H and O–H groups in total. The van der Waals surface area contributed by atoms with Crippen molar-refractivity contribution in [3.63, 3.8) is 0 Å². The van der Waals surface area contributed by atoms with Gasteiger partial charge in [0.25, 0.3) is 0 Å². The fourth-order valence-corrected chi connectivity index (χ4v) is 5.31. The van der Waals surface area contributed by atoms with E-state index in [1.165, 1.54) is 19.2 Å². The lowest BCUT2D eigenvalue weighted by Gasteiger charge is -2.38. The molecule has 14 heteroatoms. The van der Waals surface area contributed by atoms with Crippen LogP contribution in [0.25, 0.3) is 0 Å². The van der Waals surface area contributed by atoms with Crippen molar-refractivity contribution >= 4 is 12.0 Å². The van der Waals surface area contributed by atoms with Crippen molar-refractivity contribution in [2.75, 3.05) is 13.7 Å². The number of ether oxygens (including phenoxy) is 3. The SMILES string of the molecule is COc1cc([C@@](Cc2ccccc2)(NC(=O)[C@H]2C[C@@H](F)CN2C(=O)OC(C)(C)C)c2cc(F)cc(OC(F)(F)C(F)F)c2)ccc1F. The van der Waals surface area contributed by atoms with E-state index < -0.39 is 78.2 Å². The van der Waals surface area contributed by atoms with E-state index in [-0.39, 0.29) is 23.3 Å². The zero-order valence-corrected chi connectivity index (χ0v) is 25.8. The molecule has 7 nitrogen and oxygen atoms in total. The summed E-state index contributed by atoms with van der Waals surface area (Å²) in [6, 6.07) is 12.3. The lowest BCUT2D eigenvalue weighted by molar-refractivity contribution is -0.253. The monoisotopic (exact) mass is 670 g/mol. The van der Waals surface area contributed by atoms with Gasteiger partial charge in [-0.3, -0.25) is 9.69 Å². The second kappa shape index (κ2) is 13.7. The molecule has 0 unspecified atom stereocenters. The van der Waals surface area contributed by atoms with Gasteiger partial charge in [0.15, 0.2) is 11.6 Å². The Morgan fingerprint density at radius 3 is 2.28 bits per heavy atom. The van der Waals surface area contributed by atoms with Crippen molar-refractivity contribution in [3.05, 3.63) is 95.1 Å². The number of methoxy groups -OCH3 is 1. The third-order valence-electron chi connectivity index (χ3n) is 7.35. The standard InChI is InChI=1S/C33H33F7N2O5/c1-31(2,3)47-30(44)42-18-23(35)16-26(42)28(43)41-32(17-19-8-6-5-7-9-19,20-10-11-25(36)27(14-20)45-4)21-12-22(34)15-24(13-21)46-33(39,40)29(37)38/h5-15,23,26,29H,16-18H2,1-4H3,(H,41,43)/t23-,26-,32-/m1/s1. The van der Waals surface area contributed by atoms with Gasteiger partial charge in [0.1, 0.15) is 29.4 Å². The van der Waals surface area contributed by atoms with Gasteiger partial charge >= 0.3 is 18.6 Å². The smallest absolute Gasteiger partial charge is 0.461 e. The minimum Gasteiger partial charge on any atom is -0.494 e. The van der Waals surface area contributed by atoms with Crippen LogP contribution in [0.1, 0.15) is 43.9 Å². The van der Waals surface area contributed by atoms with E-state index in [9.17, 15) is 35.9 Å². The average Bonchev–Trinajstić information content (AvgIpc) is 3.38. The molecule has 0 spiro atoms. The number of carbonyl (C=O) groups excluding carboxylic acids is 2. The zero-order chi connectivity index (χ0) is 34.7. The molecular weight excluding hydrogens is 637 g/mol. The first-order valence-corrected chi connectivity index (χ1v) is 14.4. The van der Waals surface area contributed by atoms with Gasteiger partial charge < -0.3 is 19.5 Å². The van der Waals surface area contributed by atoms with E-state index in [0.29, 0.717) is 11.6 Å². The van der Waals surface area contributed by atoms with Crippen LogP contribution in [-0.4, -0.2) is 60.9 Å². The molecule has 47 heavy (non-hydrogen) atoms. The summed E-state index contributed by atoms with van der Waals surface area (Å²) in [5.74, 6) is -4.30. The Morgan fingerprint density at radius 1 is 0.979 bits per heavy atom. The molecule has 254 valence electrons. The van der Waals surface area contributed by atoms with E-state index in [0.717, 1.165) is 23.1 Å². The highest BCUT2D eigenvalue weighted by Gasteiger charge is 2.47. The molecule has 3 aromatic carbocycles. The molecule has 0 bridgehead atoms. The highest BCUT2D eigenvalue weighted by Crippen LogP contribution is 2.40. The Labute approximate surface area is 266 Å². The van der Waals surface area contributed by atoms with Crippen LogP contribution in [0.15, 0.2) is 66.7 Å². The number of rotatable bonds is 10. The van der Waals surface area contributed by atoms with E-state index in [1.54, 1.807) is 51.1 Å². The predicted octanol–water partition coefficient (Wildman–Crippen LogP) is 7.16. The second-order valence-corrected chi connectivity index (χ2v) is 12.0. The summed E-state index contributed by atoms with van der Waals surface area (Å²) in [6.07, 6.45) is -12.6. The van der Waals surface area contributed by atoms with E-state index >= 15 is 4.39 Å². The van der Waals surface area contributed by atoms with Crippen molar-refractivity contribution in [1.29, 1.82) is 0 Å². The fourth-order valence-electron chi connectivity index (χ4n) is 5.31. The minimum atomic E-state index is -5.01. The summed E-state index contributed by atoms with van der Waals surface area (Å²) in [5.41, 5.74) is -2.77. The van der Waals surface area contributed by atoms with E-state index in [1.807, 2.05) is 0 Å². The molecule has 3 atom stereocenters. The van der Waals surface area contributed by atoms with Crippen molar-refractivity contribution < 1.29 is 54.5 Å². The summed E-state index contributed by atoms with van der Waals surface area (Å²) >= 11 is 0. The van der Waals surface area contributed by atoms with Crippen LogP contribution < -0.4 is 14.8 Å². The van der Waals surface area contributed by atoms with Crippen molar-refractivity contribution in [3.8, 4) is 11.5 Å². The number of carbonyl (C=O) groups is 2. The Hall–Kier alpha value is -4.49. The van der Waals surface area contributed by atoms with Crippen molar-refractivity contribution in [2.24, 2.45) is 0 Å². The molecule has 4 rings (SSSR count). The number of hydrogen-bond acceptors (Lipinski definition) is 5. The number of amides is 2. The van der Waals surface area contributed by atoms with Crippen LogP contribution in [0.4, 0.5) is 35.5 Å². The maximum Gasteiger partial charge on any atom is 0.461 e. The van der Waals surface area contributed by atoms with Crippen LogP contribution in [0, 0.1) is 11.6 Å². The van der Waals surface area contributed by atoms with Gasteiger partial charge in [0.05, 0.1) is 19.2 Å². The first-order chi connectivity index (χ1) is 21.9. The first-order valence-electron chi connectivity index (χ1n) is 14.4. The molecule has 0 radical (unpaired) electrons. The van der Waals surface area contributed by atoms with Gasteiger partial charge in [0, 0.05) is 18.9 Å². The molecule has 1 fully saturated rings. The zero-order valence-electron chi connectivity index (χ0n) is 25.8. The summed E-state index contributed by atoms with van der Waals surface area (Å²) in [7, 11) is 1.17. The first kappa shape index (κ1) is 35.4. The average molecular weight is 671 g/mol. The van der Waals surface area contributed by atoms with Gasteiger partial charge in [-0.25, -0.2) is 18.0 Å². The van der Waals surface area contributed by atoms with Crippen molar-refractivity contribution in [1.82, 2.24) is 10.2 Å². The molecule has 1 heterocycles. The van der Waals surface area contributed by atoms with Crippen LogP contribution in [-0.2, 0) is 21.5 Å². The molecule has 1 aliphatic heterocycles. The number of halogens is 7. The van der Waals surface area contributed by atoms with Crippen LogP contribution in [0.2, 0.25) is 0 Å². The summed E-state index contributed by atoms with van der Waals surface area (Å²) < 4.78 is 113. The topological polar surface area (TPSA) is 77.1 Å². The maximum absolute atomic E-state index is 15.2. The largest absolute Gasteiger partial charge is 0.494 e. The lowest BCUT2D eigenvalue weighted by atomic mass is 9.77. The van der Waals surface area contributed by atoms with Gasteiger partial charge in [-0.2, -0.15) is 17.6 Å². The normalized spacial score (nSPS) is 18.1. The number of benzene rings is 3. The summed E-state index contributed by atoms with van der Waals surface area (Å²) in [5, 5.41) is 2.74. The number of nitrogens with one attached hydrogen (secondary N) is 1. The van der Waals surface area contributed by atoms with Crippen molar-refractivity contribution in [2.45, 2.75) is 69.5 Å². The van der Waals surface area contributed by atoms with E-state index in [4.69, 9.17) is 9.47 Å². The summed E-state index contributed by atoms with van der Waals surface area (Å²) in [6.45, 7) is 4.26. The second-order valence-electron chi connectivity index (χ2n) is 12.0. The van der Waals surface area contributed by atoms with E-state index in [2.05, 4.69) is 10.1 Å². The Bertz CT molecular complexity index is 1590. The predicted molar refractivity (Wildman–Crippen MR) is 156 cm³/mol. The number of hydrogen-bond donors (Lipinski definition) is 1. The number of likely N-dealkylation sites (tertiary alicyclic amines) is 1. The molecule has 0 aliphatic carbocycles. The Balaban J connectivity index is 1.94. The van der Waals surface area contributed by atoms with Gasteiger partial charge in [-0.05, 0) is 61.7 Å². The van der Waals surface area contributed by atoms with Crippen LogP contribution >= 0.6 is 0 Å². The lowest BCUT2D eigenvalue weighted by Crippen LogP contribution is -2.55. The van der Waals surface area contributed by atoms with Gasteiger partial charge in [-0.1, -0.05) is 36.4 Å². The van der Waals surface area contributed by atoms with Gasteiger partial charge in [0.2, 0.25) is 5.91 Å². The maximum atomic E-state index is 15.2. The van der Waals surface area contributed by atoms with Gasteiger partial charge in [-0.15, -0.1) is 0 Å². The Kier molecular flexibility index (Phi) is 10.3. The van der Waals surface area contributed by atoms with Crippen LogP contribution in [0.5, 0.6) is 11.5 Å². The quantitative estimate of drug-likeness (QED) is 0.232. The van der Waals surface area contributed by atoms with Crippen LogP contribution in [0.3, 0.4) is 0 Å². The number of alkyl halides is 5. The molecule has 0 aromatic heterocycles. The molecule has 2 amide bonds. The minimum absolute atomic E-state index is 0.0312.